The van der Waals surface area contributed by atoms with Gasteiger partial charge in [0.25, 0.3) is 0 Å². The molecule has 1 aromatic rings. The number of ketones is 2. The van der Waals surface area contributed by atoms with Crippen molar-refractivity contribution in [1.29, 1.82) is 0 Å². The second-order valence-electron chi connectivity index (χ2n) is 4.05. The third kappa shape index (κ3) is 3.79. The Morgan fingerprint density at radius 1 is 1.06 bits per heavy atom. The van der Waals surface area contributed by atoms with E-state index >= 15 is 0 Å². The van der Waals surface area contributed by atoms with Gasteiger partial charge in [-0.15, -0.1) is 0 Å². The van der Waals surface area contributed by atoms with Crippen LogP contribution in [0.15, 0.2) is 24.3 Å². The molecule has 3 nitrogen and oxygen atoms in total. The van der Waals surface area contributed by atoms with E-state index in [0.717, 1.165) is 19.3 Å². The molecular weight excluding hydrogens is 214 g/mol. The van der Waals surface area contributed by atoms with Gasteiger partial charge in [0.2, 0.25) is 0 Å². The molecule has 0 radical (unpaired) electrons. The van der Waals surface area contributed by atoms with Crippen molar-refractivity contribution in [2.24, 2.45) is 5.73 Å². The molecule has 1 rings (SSSR count). The van der Waals surface area contributed by atoms with E-state index in [4.69, 9.17) is 5.73 Å². The molecule has 0 fully saturated rings. The number of carbonyl (C=O) groups is 2. The summed E-state index contributed by atoms with van der Waals surface area (Å²) in [4.78, 5) is 23.6. The molecular formula is C14H19NO2. The van der Waals surface area contributed by atoms with Gasteiger partial charge in [-0.05, 0) is 6.42 Å². The van der Waals surface area contributed by atoms with Crippen molar-refractivity contribution in [3.63, 3.8) is 0 Å². The van der Waals surface area contributed by atoms with Gasteiger partial charge in [0, 0.05) is 17.5 Å². The molecule has 17 heavy (non-hydrogen) atoms. The molecule has 0 aliphatic rings. The lowest BCUT2D eigenvalue weighted by atomic mass is 9.97. The van der Waals surface area contributed by atoms with E-state index in [1.165, 1.54) is 0 Å². The van der Waals surface area contributed by atoms with Crippen LogP contribution in [0.4, 0.5) is 0 Å². The highest BCUT2D eigenvalue weighted by Gasteiger charge is 2.14. The highest BCUT2D eigenvalue weighted by atomic mass is 16.1. The van der Waals surface area contributed by atoms with Crippen LogP contribution < -0.4 is 5.73 Å². The molecule has 0 atom stereocenters. The smallest absolute Gasteiger partial charge is 0.177 e. The fraction of sp³-hybridized carbons (Fsp3) is 0.429. The van der Waals surface area contributed by atoms with Crippen LogP contribution in [0, 0.1) is 0 Å². The average molecular weight is 233 g/mol. The Morgan fingerprint density at radius 3 is 2.18 bits per heavy atom. The Bertz CT molecular complexity index is 399. The van der Waals surface area contributed by atoms with Crippen LogP contribution >= 0.6 is 0 Å². The zero-order valence-electron chi connectivity index (χ0n) is 10.2. The van der Waals surface area contributed by atoms with Gasteiger partial charge >= 0.3 is 0 Å². The zero-order chi connectivity index (χ0) is 12.7. The third-order valence-corrected chi connectivity index (χ3v) is 2.72. The maximum atomic E-state index is 12.0. The van der Waals surface area contributed by atoms with Crippen LogP contribution in [-0.2, 0) is 0 Å². The molecule has 92 valence electrons. The Kier molecular flexibility index (Phi) is 5.57. The summed E-state index contributed by atoms with van der Waals surface area (Å²) in [7, 11) is 0. The van der Waals surface area contributed by atoms with Crippen molar-refractivity contribution in [2.75, 3.05) is 6.54 Å². The van der Waals surface area contributed by atoms with Gasteiger partial charge < -0.3 is 5.73 Å². The summed E-state index contributed by atoms with van der Waals surface area (Å²) in [5.74, 6) is -0.139. The number of unbranched alkanes of at least 4 members (excludes halogenated alkanes) is 2. The van der Waals surface area contributed by atoms with E-state index in [1.807, 2.05) is 0 Å². The predicted octanol–water partition coefficient (Wildman–Crippen LogP) is 2.59. The first-order valence-corrected chi connectivity index (χ1v) is 6.06. The highest BCUT2D eigenvalue weighted by molar-refractivity contribution is 6.09. The minimum atomic E-state index is -0.176. The molecule has 0 saturated carbocycles. The van der Waals surface area contributed by atoms with Crippen LogP contribution in [0.2, 0.25) is 0 Å². The second-order valence-corrected chi connectivity index (χ2v) is 4.05. The Balaban J connectivity index is 2.82. The van der Waals surface area contributed by atoms with Crippen molar-refractivity contribution in [2.45, 2.75) is 32.6 Å². The van der Waals surface area contributed by atoms with Gasteiger partial charge in [-0.2, -0.15) is 0 Å². The average Bonchev–Trinajstić information content (AvgIpc) is 2.38. The lowest BCUT2D eigenvalue weighted by molar-refractivity contribution is 0.0956. The van der Waals surface area contributed by atoms with Gasteiger partial charge in [0.15, 0.2) is 11.6 Å². The number of rotatable bonds is 7. The summed E-state index contributed by atoms with van der Waals surface area (Å²) in [5, 5.41) is 0. The Morgan fingerprint density at radius 2 is 1.65 bits per heavy atom. The number of hydrogen-bond donors (Lipinski definition) is 1. The first-order chi connectivity index (χ1) is 8.20. The van der Waals surface area contributed by atoms with E-state index in [2.05, 4.69) is 6.92 Å². The minimum absolute atomic E-state index is 0.0378. The topological polar surface area (TPSA) is 60.2 Å². The standard InChI is InChI=1S/C14H19NO2/c1-2-3-4-9-13(16)11-7-5-6-8-12(11)14(17)10-15/h5-8H,2-4,9-10,15H2,1H3. The number of nitrogens with two attached hydrogens (primary N) is 1. The summed E-state index contributed by atoms with van der Waals surface area (Å²) in [5.41, 5.74) is 6.30. The van der Waals surface area contributed by atoms with Gasteiger partial charge in [0.1, 0.15) is 0 Å². The van der Waals surface area contributed by atoms with Crippen LogP contribution in [0.1, 0.15) is 53.3 Å². The number of Topliss-reactive ketones (excluding diaryl/α,β-unsaturated/α-hetero) is 2. The predicted molar refractivity (Wildman–Crippen MR) is 68.3 cm³/mol. The van der Waals surface area contributed by atoms with Crippen molar-refractivity contribution in [3.05, 3.63) is 35.4 Å². The van der Waals surface area contributed by atoms with Gasteiger partial charge in [-0.3, -0.25) is 9.59 Å². The van der Waals surface area contributed by atoms with Crippen molar-refractivity contribution in [3.8, 4) is 0 Å². The zero-order valence-corrected chi connectivity index (χ0v) is 10.2. The molecule has 0 saturated heterocycles. The number of hydrogen-bond acceptors (Lipinski definition) is 3. The summed E-state index contributed by atoms with van der Waals surface area (Å²) in [6, 6.07) is 6.91. The SMILES string of the molecule is CCCCCC(=O)c1ccccc1C(=O)CN. The quantitative estimate of drug-likeness (QED) is 0.581. The Hall–Kier alpha value is -1.48. The molecule has 0 aliphatic heterocycles. The largest absolute Gasteiger partial charge is 0.324 e. The van der Waals surface area contributed by atoms with Crippen LogP contribution in [0.3, 0.4) is 0 Å². The molecule has 1 aromatic carbocycles. The van der Waals surface area contributed by atoms with Crippen molar-refractivity contribution >= 4 is 11.6 Å². The number of carbonyl (C=O) groups excluding carboxylic acids is 2. The maximum Gasteiger partial charge on any atom is 0.177 e. The van der Waals surface area contributed by atoms with E-state index in [-0.39, 0.29) is 18.1 Å². The lowest BCUT2D eigenvalue weighted by Crippen LogP contribution is -2.17. The van der Waals surface area contributed by atoms with Crippen LogP contribution in [0.25, 0.3) is 0 Å². The highest BCUT2D eigenvalue weighted by Crippen LogP contribution is 2.14. The normalized spacial score (nSPS) is 10.2. The molecule has 0 bridgehead atoms. The van der Waals surface area contributed by atoms with E-state index in [0.29, 0.717) is 17.5 Å². The molecule has 3 heteroatoms. The molecule has 2 N–H and O–H groups in total. The number of benzene rings is 1. The molecule has 0 aromatic heterocycles. The fourth-order valence-corrected chi connectivity index (χ4v) is 1.75. The molecule has 0 heterocycles. The fourth-order valence-electron chi connectivity index (χ4n) is 1.75. The summed E-state index contributed by atoms with van der Waals surface area (Å²) >= 11 is 0. The lowest BCUT2D eigenvalue weighted by Gasteiger charge is -2.06. The summed E-state index contributed by atoms with van der Waals surface area (Å²) < 4.78 is 0. The maximum absolute atomic E-state index is 12.0. The summed E-state index contributed by atoms with van der Waals surface area (Å²) in [6.45, 7) is 2.04. The first kappa shape index (κ1) is 13.6. The monoisotopic (exact) mass is 233 g/mol. The van der Waals surface area contributed by atoms with Crippen LogP contribution in [-0.4, -0.2) is 18.1 Å². The first-order valence-electron chi connectivity index (χ1n) is 6.06. The minimum Gasteiger partial charge on any atom is -0.324 e. The van der Waals surface area contributed by atoms with E-state index in [1.54, 1.807) is 24.3 Å². The Labute approximate surface area is 102 Å². The van der Waals surface area contributed by atoms with Crippen molar-refractivity contribution in [1.82, 2.24) is 0 Å². The van der Waals surface area contributed by atoms with Crippen LogP contribution in [0.5, 0.6) is 0 Å². The third-order valence-electron chi connectivity index (χ3n) is 2.72. The van der Waals surface area contributed by atoms with Gasteiger partial charge in [0.05, 0.1) is 6.54 Å². The summed E-state index contributed by atoms with van der Waals surface area (Å²) in [6.07, 6.45) is 3.50. The molecule has 0 amide bonds. The van der Waals surface area contributed by atoms with Crippen molar-refractivity contribution < 1.29 is 9.59 Å². The molecule has 0 spiro atoms. The molecule has 0 unspecified atom stereocenters. The second kappa shape index (κ2) is 6.97. The molecule has 0 aliphatic carbocycles. The van der Waals surface area contributed by atoms with Gasteiger partial charge in [-0.1, -0.05) is 44.0 Å². The van der Waals surface area contributed by atoms with E-state index < -0.39 is 0 Å². The van der Waals surface area contributed by atoms with Gasteiger partial charge in [-0.25, -0.2) is 0 Å². The van der Waals surface area contributed by atoms with E-state index in [9.17, 15) is 9.59 Å².